The zero-order valence-corrected chi connectivity index (χ0v) is 11.8. The van der Waals surface area contributed by atoms with Crippen LogP contribution in [0.15, 0.2) is 42.7 Å². The molecule has 2 N–H and O–H groups in total. The normalized spacial score (nSPS) is 11.8. The lowest BCUT2D eigenvalue weighted by atomic mass is 9.99. The maximum absolute atomic E-state index is 12.9. The highest BCUT2D eigenvalue weighted by molar-refractivity contribution is 6.31. The maximum Gasteiger partial charge on any atom is 0.416 e. The molecule has 2 aromatic carbocycles. The van der Waals surface area contributed by atoms with Gasteiger partial charge in [-0.2, -0.15) is 13.2 Å². The van der Waals surface area contributed by atoms with Gasteiger partial charge >= 0.3 is 6.18 Å². The average molecular weight is 324 g/mol. The van der Waals surface area contributed by atoms with Crippen molar-refractivity contribution in [2.45, 2.75) is 6.18 Å². The van der Waals surface area contributed by atoms with Gasteiger partial charge in [-0.05, 0) is 35.4 Å². The Morgan fingerprint density at radius 3 is 2.55 bits per heavy atom. The molecule has 0 radical (unpaired) electrons. The number of hydrogen-bond acceptors (Lipinski definition) is 3. The molecule has 22 heavy (non-hydrogen) atoms. The first-order chi connectivity index (χ1) is 10.4. The number of fused-ring (bicyclic) bond motifs is 1. The first-order valence-corrected chi connectivity index (χ1v) is 6.61. The molecule has 0 saturated heterocycles. The predicted molar refractivity (Wildman–Crippen MR) is 79.4 cm³/mol. The molecule has 0 spiro atoms. The average Bonchev–Trinajstić information content (AvgIpc) is 2.45. The maximum atomic E-state index is 12.9. The van der Waals surface area contributed by atoms with Gasteiger partial charge in [0.2, 0.25) is 0 Å². The third-order valence-corrected chi connectivity index (χ3v) is 3.45. The fraction of sp³-hybridized carbons (Fsp3) is 0.0667. The molecule has 0 fully saturated rings. The van der Waals surface area contributed by atoms with Gasteiger partial charge in [-0.3, -0.25) is 0 Å². The molecule has 0 aliphatic carbocycles. The van der Waals surface area contributed by atoms with Crippen LogP contribution in [0.1, 0.15) is 5.56 Å². The SMILES string of the molecule is Nc1ncnc2cccc(-c3cc(Cl)cc(C(F)(F)F)c3)c12. The lowest BCUT2D eigenvalue weighted by Gasteiger charge is -2.12. The summed E-state index contributed by atoms with van der Waals surface area (Å²) in [4.78, 5) is 7.97. The number of halogens is 4. The van der Waals surface area contributed by atoms with Gasteiger partial charge in [0.25, 0.3) is 0 Å². The molecule has 3 rings (SSSR count). The summed E-state index contributed by atoms with van der Waals surface area (Å²) in [6.07, 6.45) is -3.17. The number of aromatic nitrogens is 2. The van der Waals surface area contributed by atoms with Gasteiger partial charge < -0.3 is 5.73 Å². The van der Waals surface area contributed by atoms with E-state index in [0.29, 0.717) is 22.0 Å². The van der Waals surface area contributed by atoms with E-state index in [1.54, 1.807) is 18.2 Å². The summed E-state index contributed by atoms with van der Waals surface area (Å²) in [6.45, 7) is 0. The highest BCUT2D eigenvalue weighted by atomic mass is 35.5. The van der Waals surface area contributed by atoms with Crippen molar-refractivity contribution in [3.63, 3.8) is 0 Å². The Morgan fingerprint density at radius 2 is 1.82 bits per heavy atom. The monoisotopic (exact) mass is 323 g/mol. The number of alkyl halides is 3. The lowest BCUT2D eigenvalue weighted by molar-refractivity contribution is -0.137. The Bertz CT molecular complexity index is 857. The van der Waals surface area contributed by atoms with Crippen LogP contribution in [0.3, 0.4) is 0 Å². The molecule has 3 nitrogen and oxygen atoms in total. The third-order valence-electron chi connectivity index (χ3n) is 3.23. The summed E-state index contributed by atoms with van der Waals surface area (Å²) in [7, 11) is 0. The van der Waals surface area contributed by atoms with Gasteiger partial charge in [0.15, 0.2) is 0 Å². The van der Waals surface area contributed by atoms with E-state index >= 15 is 0 Å². The molecular weight excluding hydrogens is 315 g/mol. The van der Waals surface area contributed by atoms with Crippen molar-refractivity contribution in [3.05, 3.63) is 53.3 Å². The zero-order chi connectivity index (χ0) is 15.9. The standard InChI is InChI=1S/C15H9ClF3N3/c16-10-5-8(4-9(6-10)15(17,18)19)11-2-1-3-12-13(11)14(20)22-7-21-12/h1-7H,(H2,20,21,22). The van der Waals surface area contributed by atoms with Crippen LogP contribution in [-0.2, 0) is 6.18 Å². The van der Waals surface area contributed by atoms with Gasteiger partial charge in [-0.25, -0.2) is 9.97 Å². The molecule has 112 valence electrons. The van der Waals surface area contributed by atoms with Crippen LogP contribution in [-0.4, -0.2) is 9.97 Å². The second kappa shape index (κ2) is 5.14. The molecule has 1 heterocycles. The number of rotatable bonds is 1. The van der Waals surface area contributed by atoms with Crippen LogP contribution in [0.2, 0.25) is 5.02 Å². The minimum atomic E-state index is -4.48. The summed E-state index contributed by atoms with van der Waals surface area (Å²) in [5, 5.41) is 0.498. The molecule has 7 heteroatoms. The van der Waals surface area contributed by atoms with E-state index in [-0.39, 0.29) is 10.8 Å². The topological polar surface area (TPSA) is 51.8 Å². The number of nitrogens with two attached hydrogens (primary N) is 1. The Morgan fingerprint density at radius 1 is 1.05 bits per heavy atom. The molecule has 0 bridgehead atoms. The Balaban J connectivity index is 2.31. The van der Waals surface area contributed by atoms with Crippen molar-refractivity contribution in [2.24, 2.45) is 0 Å². The second-order valence-corrected chi connectivity index (χ2v) is 5.12. The van der Waals surface area contributed by atoms with Crippen LogP contribution in [0.4, 0.5) is 19.0 Å². The van der Waals surface area contributed by atoms with Gasteiger partial charge in [0.1, 0.15) is 12.1 Å². The van der Waals surface area contributed by atoms with Gasteiger partial charge in [0, 0.05) is 5.02 Å². The quantitative estimate of drug-likeness (QED) is 0.714. The van der Waals surface area contributed by atoms with E-state index in [1.165, 1.54) is 12.4 Å². The van der Waals surface area contributed by atoms with E-state index in [9.17, 15) is 13.2 Å². The minimum absolute atomic E-state index is 0.00255. The number of nitrogen functional groups attached to an aromatic ring is 1. The van der Waals surface area contributed by atoms with Crippen molar-refractivity contribution in [2.75, 3.05) is 5.73 Å². The smallest absolute Gasteiger partial charge is 0.383 e. The number of benzene rings is 2. The molecule has 0 saturated carbocycles. The van der Waals surface area contributed by atoms with E-state index < -0.39 is 11.7 Å². The highest BCUT2D eigenvalue weighted by Crippen LogP contribution is 2.37. The van der Waals surface area contributed by atoms with Crippen LogP contribution in [0.5, 0.6) is 0 Å². The highest BCUT2D eigenvalue weighted by Gasteiger charge is 2.31. The first kappa shape index (κ1) is 14.6. The van der Waals surface area contributed by atoms with Crippen molar-refractivity contribution in [1.82, 2.24) is 9.97 Å². The first-order valence-electron chi connectivity index (χ1n) is 6.23. The van der Waals surface area contributed by atoms with Crippen molar-refractivity contribution < 1.29 is 13.2 Å². The molecule has 0 aliphatic heterocycles. The van der Waals surface area contributed by atoms with Crippen molar-refractivity contribution in [3.8, 4) is 11.1 Å². The Hall–Kier alpha value is -2.34. The van der Waals surface area contributed by atoms with E-state index in [2.05, 4.69) is 9.97 Å². The van der Waals surface area contributed by atoms with Crippen molar-refractivity contribution >= 4 is 28.3 Å². The fourth-order valence-electron chi connectivity index (χ4n) is 2.28. The summed E-state index contributed by atoms with van der Waals surface area (Å²) < 4.78 is 38.8. The van der Waals surface area contributed by atoms with E-state index in [1.807, 2.05) is 0 Å². The Kier molecular flexibility index (Phi) is 3.41. The molecule has 0 aliphatic rings. The van der Waals surface area contributed by atoms with Gasteiger partial charge in [-0.1, -0.05) is 23.7 Å². The largest absolute Gasteiger partial charge is 0.416 e. The Labute approximate surface area is 128 Å². The molecule has 1 aromatic heterocycles. The van der Waals surface area contributed by atoms with Crippen molar-refractivity contribution in [1.29, 1.82) is 0 Å². The lowest BCUT2D eigenvalue weighted by Crippen LogP contribution is -2.05. The summed E-state index contributed by atoms with van der Waals surface area (Å²) in [5.41, 5.74) is 6.40. The predicted octanol–water partition coefficient (Wildman–Crippen LogP) is 4.55. The number of nitrogens with zero attached hydrogens (tertiary/aromatic N) is 2. The number of anilines is 1. The summed E-state index contributed by atoms with van der Waals surface area (Å²) in [5.74, 6) is 0.203. The third kappa shape index (κ3) is 2.57. The molecule has 0 atom stereocenters. The number of hydrogen-bond donors (Lipinski definition) is 1. The van der Waals surface area contributed by atoms with Gasteiger partial charge in [0.05, 0.1) is 16.5 Å². The van der Waals surface area contributed by atoms with E-state index in [0.717, 1.165) is 12.1 Å². The summed E-state index contributed by atoms with van der Waals surface area (Å²) >= 11 is 5.83. The zero-order valence-electron chi connectivity index (χ0n) is 11.0. The van der Waals surface area contributed by atoms with Crippen LogP contribution >= 0.6 is 11.6 Å². The van der Waals surface area contributed by atoms with Crippen LogP contribution in [0.25, 0.3) is 22.0 Å². The second-order valence-electron chi connectivity index (χ2n) is 4.68. The molecule has 0 amide bonds. The van der Waals surface area contributed by atoms with Crippen LogP contribution in [0, 0.1) is 0 Å². The minimum Gasteiger partial charge on any atom is -0.383 e. The van der Waals surface area contributed by atoms with E-state index in [4.69, 9.17) is 17.3 Å². The molecule has 0 unspecified atom stereocenters. The fourth-order valence-corrected chi connectivity index (χ4v) is 2.52. The van der Waals surface area contributed by atoms with Gasteiger partial charge in [-0.15, -0.1) is 0 Å². The molecular formula is C15H9ClF3N3. The van der Waals surface area contributed by atoms with Crippen LogP contribution < -0.4 is 5.73 Å². The molecule has 3 aromatic rings. The summed E-state index contributed by atoms with van der Waals surface area (Å²) in [6, 6.07) is 8.44.